The lowest BCUT2D eigenvalue weighted by molar-refractivity contribution is 0.182. The maximum absolute atomic E-state index is 12.5. The molecule has 2 rings (SSSR count). The molecule has 5 nitrogen and oxygen atoms in total. The highest BCUT2D eigenvalue weighted by molar-refractivity contribution is 5.74. The van der Waals surface area contributed by atoms with Crippen LogP contribution in [0.3, 0.4) is 0 Å². The Morgan fingerprint density at radius 2 is 1.92 bits per heavy atom. The van der Waals surface area contributed by atoms with Crippen molar-refractivity contribution in [1.29, 1.82) is 0 Å². The number of rotatable bonds is 7. The van der Waals surface area contributed by atoms with Crippen molar-refractivity contribution in [3.63, 3.8) is 0 Å². The second-order valence-electron chi connectivity index (χ2n) is 6.22. The molecular formula is C20H27N3O2. The average molecular weight is 341 g/mol. The molecule has 1 aromatic carbocycles. The number of nitrogens with zero attached hydrogens (tertiary/aromatic N) is 2. The Bertz CT molecular complexity index is 656. The Morgan fingerprint density at radius 3 is 2.48 bits per heavy atom. The van der Waals surface area contributed by atoms with Crippen LogP contribution in [-0.4, -0.2) is 28.6 Å². The highest BCUT2D eigenvalue weighted by Gasteiger charge is 2.19. The zero-order valence-corrected chi connectivity index (χ0v) is 15.4. The van der Waals surface area contributed by atoms with Crippen molar-refractivity contribution in [2.24, 2.45) is 0 Å². The number of amides is 2. The molecule has 134 valence electrons. The molecule has 0 radical (unpaired) electrons. The molecule has 1 heterocycles. The third kappa shape index (κ3) is 5.48. The Labute approximate surface area is 150 Å². The predicted octanol–water partition coefficient (Wildman–Crippen LogP) is 4.16. The van der Waals surface area contributed by atoms with Crippen LogP contribution in [0.2, 0.25) is 0 Å². The minimum absolute atomic E-state index is 0.0273. The van der Waals surface area contributed by atoms with Gasteiger partial charge in [0, 0.05) is 25.5 Å². The molecule has 2 aromatic rings. The quantitative estimate of drug-likeness (QED) is 0.822. The lowest BCUT2D eigenvalue weighted by Gasteiger charge is -2.28. The fourth-order valence-electron chi connectivity index (χ4n) is 2.63. The van der Waals surface area contributed by atoms with E-state index in [-0.39, 0.29) is 18.2 Å². The van der Waals surface area contributed by atoms with E-state index in [0.717, 1.165) is 16.9 Å². The van der Waals surface area contributed by atoms with E-state index in [0.29, 0.717) is 13.1 Å². The first-order valence-corrected chi connectivity index (χ1v) is 8.71. The van der Waals surface area contributed by atoms with E-state index >= 15 is 0 Å². The molecule has 25 heavy (non-hydrogen) atoms. The highest BCUT2D eigenvalue weighted by atomic mass is 16.5. The molecule has 0 bridgehead atoms. The fourth-order valence-corrected chi connectivity index (χ4v) is 2.63. The Kier molecular flexibility index (Phi) is 6.81. The van der Waals surface area contributed by atoms with Gasteiger partial charge in [0.05, 0.1) is 12.1 Å². The number of aromatic nitrogens is 1. The van der Waals surface area contributed by atoms with Gasteiger partial charge in [-0.1, -0.05) is 18.2 Å². The standard InChI is InChI=1S/C20H27N3O2/c1-5-23(16(4)18-7-6-12-21-14-18)20(24)22-13-17-8-10-19(11-9-17)25-15(2)3/h6-12,14-16H,5,13H2,1-4H3,(H,22,24). The zero-order valence-electron chi connectivity index (χ0n) is 15.4. The number of ether oxygens (including phenoxy) is 1. The predicted molar refractivity (Wildman–Crippen MR) is 99.5 cm³/mol. The van der Waals surface area contributed by atoms with Crippen LogP contribution in [0.4, 0.5) is 4.79 Å². The summed E-state index contributed by atoms with van der Waals surface area (Å²) >= 11 is 0. The summed E-state index contributed by atoms with van der Waals surface area (Å²) in [5, 5.41) is 2.99. The summed E-state index contributed by atoms with van der Waals surface area (Å²) in [5.41, 5.74) is 2.06. The molecule has 1 atom stereocenters. The molecule has 1 unspecified atom stereocenters. The summed E-state index contributed by atoms with van der Waals surface area (Å²) in [7, 11) is 0. The Morgan fingerprint density at radius 1 is 1.20 bits per heavy atom. The van der Waals surface area contributed by atoms with E-state index in [4.69, 9.17) is 4.74 Å². The van der Waals surface area contributed by atoms with Crippen LogP contribution in [0.1, 0.15) is 44.9 Å². The largest absolute Gasteiger partial charge is 0.491 e. The van der Waals surface area contributed by atoms with Gasteiger partial charge in [-0.25, -0.2) is 4.79 Å². The van der Waals surface area contributed by atoms with Crippen molar-refractivity contribution < 1.29 is 9.53 Å². The zero-order chi connectivity index (χ0) is 18.2. The molecule has 5 heteroatoms. The minimum atomic E-state index is -0.0821. The Balaban J connectivity index is 1.93. The molecule has 2 amide bonds. The summed E-state index contributed by atoms with van der Waals surface area (Å²) in [5.74, 6) is 0.838. The summed E-state index contributed by atoms with van der Waals surface area (Å²) in [6.45, 7) is 9.09. The number of hydrogen-bond donors (Lipinski definition) is 1. The van der Waals surface area contributed by atoms with Crippen LogP contribution in [0.15, 0.2) is 48.8 Å². The third-order valence-electron chi connectivity index (χ3n) is 3.97. The number of carbonyl (C=O) groups excluding carboxylic acids is 1. The molecule has 1 aromatic heterocycles. The minimum Gasteiger partial charge on any atom is -0.491 e. The molecule has 0 spiro atoms. The first-order valence-electron chi connectivity index (χ1n) is 8.71. The van der Waals surface area contributed by atoms with Crippen LogP contribution < -0.4 is 10.1 Å². The normalized spacial score (nSPS) is 11.9. The van der Waals surface area contributed by atoms with Crippen molar-refractivity contribution in [3.8, 4) is 5.75 Å². The van der Waals surface area contributed by atoms with Gasteiger partial charge in [0.1, 0.15) is 5.75 Å². The summed E-state index contributed by atoms with van der Waals surface area (Å²) in [4.78, 5) is 18.5. The van der Waals surface area contributed by atoms with Crippen LogP contribution in [0.25, 0.3) is 0 Å². The number of benzene rings is 1. The monoisotopic (exact) mass is 341 g/mol. The van der Waals surface area contributed by atoms with Gasteiger partial charge in [-0.2, -0.15) is 0 Å². The molecule has 0 saturated heterocycles. The van der Waals surface area contributed by atoms with E-state index in [2.05, 4.69) is 10.3 Å². The molecule has 0 aliphatic heterocycles. The second-order valence-corrected chi connectivity index (χ2v) is 6.22. The maximum atomic E-state index is 12.5. The number of pyridine rings is 1. The van der Waals surface area contributed by atoms with Gasteiger partial charge in [0.15, 0.2) is 0 Å². The molecule has 1 N–H and O–H groups in total. The topological polar surface area (TPSA) is 54.5 Å². The van der Waals surface area contributed by atoms with Gasteiger partial charge in [-0.05, 0) is 57.0 Å². The molecule has 0 fully saturated rings. The van der Waals surface area contributed by atoms with Crippen molar-refractivity contribution in [1.82, 2.24) is 15.2 Å². The molecular weight excluding hydrogens is 314 g/mol. The first kappa shape index (κ1) is 18.8. The lowest BCUT2D eigenvalue weighted by atomic mass is 10.1. The van der Waals surface area contributed by atoms with Crippen molar-refractivity contribution in [2.75, 3.05) is 6.54 Å². The maximum Gasteiger partial charge on any atom is 0.318 e. The van der Waals surface area contributed by atoms with E-state index in [1.165, 1.54) is 0 Å². The van der Waals surface area contributed by atoms with Gasteiger partial charge >= 0.3 is 6.03 Å². The van der Waals surface area contributed by atoms with Crippen LogP contribution in [-0.2, 0) is 6.54 Å². The summed E-state index contributed by atoms with van der Waals surface area (Å²) in [6, 6.07) is 11.6. The average Bonchev–Trinajstić information content (AvgIpc) is 2.62. The molecule has 0 saturated carbocycles. The SMILES string of the molecule is CCN(C(=O)NCc1ccc(OC(C)C)cc1)C(C)c1cccnc1. The van der Waals surface area contributed by atoms with E-state index in [9.17, 15) is 4.79 Å². The Hall–Kier alpha value is -2.56. The van der Waals surface area contributed by atoms with Gasteiger partial charge in [-0.15, -0.1) is 0 Å². The summed E-state index contributed by atoms with van der Waals surface area (Å²) in [6.07, 6.45) is 3.69. The van der Waals surface area contributed by atoms with Crippen molar-refractivity contribution in [3.05, 3.63) is 59.9 Å². The van der Waals surface area contributed by atoms with Gasteiger partial charge in [0.25, 0.3) is 0 Å². The number of urea groups is 1. The van der Waals surface area contributed by atoms with E-state index < -0.39 is 0 Å². The van der Waals surface area contributed by atoms with E-state index in [1.807, 2.05) is 64.1 Å². The third-order valence-corrected chi connectivity index (χ3v) is 3.97. The van der Waals surface area contributed by atoms with Gasteiger partial charge in [-0.3, -0.25) is 4.98 Å². The fraction of sp³-hybridized carbons (Fsp3) is 0.400. The van der Waals surface area contributed by atoms with Crippen LogP contribution in [0, 0.1) is 0 Å². The highest BCUT2D eigenvalue weighted by Crippen LogP contribution is 2.19. The molecule has 0 aliphatic carbocycles. The van der Waals surface area contributed by atoms with Gasteiger partial charge < -0.3 is 15.0 Å². The molecule has 0 aliphatic rings. The summed E-state index contributed by atoms with van der Waals surface area (Å²) < 4.78 is 5.63. The van der Waals surface area contributed by atoms with E-state index in [1.54, 1.807) is 17.3 Å². The van der Waals surface area contributed by atoms with Gasteiger partial charge in [0.2, 0.25) is 0 Å². The number of hydrogen-bond acceptors (Lipinski definition) is 3. The lowest BCUT2D eigenvalue weighted by Crippen LogP contribution is -2.41. The van der Waals surface area contributed by atoms with Crippen molar-refractivity contribution in [2.45, 2.75) is 46.4 Å². The van der Waals surface area contributed by atoms with Crippen LogP contribution >= 0.6 is 0 Å². The number of carbonyl (C=O) groups is 1. The number of nitrogens with one attached hydrogen (secondary N) is 1. The van der Waals surface area contributed by atoms with Crippen molar-refractivity contribution >= 4 is 6.03 Å². The second kappa shape index (κ2) is 9.06. The smallest absolute Gasteiger partial charge is 0.318 e. The first-order chi connectivity index (χ1) is 12.0. The van der Waals surface area contributed by atoms with Crippen LogP contribution in [0.5, 0.6) is 5.75 Å².